The first-order chi connectivity index (χ1) is 25.3. The third-order valence-electron chi connectivity index (χ3n) is 9.67. The molecule has 0 aliphatic rings. The number of oxazole rings is 1. The first kappa shape index (κ1) is 29.4. The fourth-order valence-corrected chi connectivity index (χ4v) is 8.39. The van der Waals surface area contributed by atoms with Gasteiger partial charge in [0.25, 0.3) is 0 Å². The Morgan fingerprint density at radius 1 is 0.471 bits per heavy atom. The van der Waals surface area contributed by atoms with Gasteiger partial charge in [-0.3, -0.25) is 0 Å². The summed E-state index contributed by atoms with van der Waals surface area (Å²) in [6.45, 7) is 0. The summed E-state index contributed by atoms with van der Waals surface area (Å²) < 4.78 is 9.00. The fraction of sp³-hybridized carbons (Fsp3) is 0. The minimum atomic E-state index is 0.622. The van der Waals surface area contributed by atoms with Crippen molar-refractivity contribution in [2.24, 2.45) is 0 Å². The minimum absolute atomic E-state index is 0.622. The lowest BCUT2D eigenvalue weighted by atomic mass is 10.0. The van der Waals surface area contributed by atoms with Crippen LogP contribution in [0.4, 0.5) is 17.1 Å². The summed E-state index contributed by atoms with van der Waals surface area (Å²) >= 11 is 1.80. The predicted molar refractivity (Wildman–Crippen MR) is 215 cm³/mol. The number of thiophene rings is 1. The zero-order valence-electron chi connectivity index (χ0n) is 27.5. The van der Waals surface area contributed by atoms with E-state index in [0.717, 1.165) is 44.7 Å². The van der Waals surface area contributed by atoms with E-state index in [1.807, 2.05) is 30.3 Å². The van der Waals surface area contributed by atoms with E-state index in [-0.39, 0.29) is 0 Å². The zero-order chi connectivity index (χ0) is 33.7. The predicted octanol–water partition coefficient (Wildman–Crippen LogP) is 13.8. The van der Waals surface area contributed by atoms with Crippen LogP contribution in [0.25, 0.3) is 75.8 Å². The number of benzene rings is 8. The molecule has 0 saturated heterocycles. The Kier molecular flexibility index (Phi) is 7.00. The van der Waals surface area contributed by atoms with Crippen molar-refractivity contribution in [2.45, 2.75) is 0 Å². The van der Waals surface area contributed by atoms with Crippen LogP contribution in [-0.4, -0.2) is 4.98 Å². The van der Waals surface area contributed by atoms with Gasteiger partial charge < -0.3 is 9.32 Å². The van der Waals surface area contributed by atoms with Crippen molar-refractivity contribution < 1.29 is 4.42 Å². The lowest BCUT2D eigenvalue weighted by Gasteiger charge is -2.27. The van der Waals surface area contributed by atoms with Gasteiger partial charge >= 0.3 is 0 Å². The molecule has 51 heavy (non-hydrogen) atoms. The van der Waals surface area contributed by atoms with E-state index in [1.165, 1.54) is 42.2 Å². The molecule has 0 atom stereocenters. The number of anilines is 3. The van der Waals surface area contributed by atoms with Crippen LogP contribution in [-0.2, 0) is 0 Å². The Hall–Kier alpha value is -6.49. The molecule has 240 valence electrons. The zero-order valence-corrected chi connectivity index (χ0v) is 28.3. The Morgan fingerprint density at radius 2 is 1.12 bits per heavy atom. The number of aromatic nitrogens is 1. The maximum atomic E-state index is 6.62. The number of rotatable bonds is 6. The average molecular weight is 671 g/mol. The molecule has 2 aromatic heterocycles. The third kappa shape index (κ3) is 5.16. The molecule has 3 nitrogen and oxygen atoms in total. The lowest BCUT2D eigenvalue weighted by Crippen LogP contribution is -2.10. The molecule has 0 bridgehead atoms. The van der Waals surface area contributed by atoms with Crippen LogP contribution in [0.1, 0.15) is 0 Å². The van der Waals surface area contributed by atoms with Gasteiger partial charge in [-0.2, -0.15) is 0 Å². The molecule has 8 aromatic carbocycles. The summed E-state index contributed by atoms with van der Waals surface area (Å²) in [4.78, 5) is 7.49. The fourth-order valence-electron chi connectivity index (χ4n) is 7.18. The second-order valence-corrected chi connectivity index (χ2v) is 13.8. The van der Waals surface area contributed by atoms with Gasteiger partial charge in [0.15, 0.2) is 5.58 Å². The first-order valence-electron chi connectivity index (χ1n) is 17.1. The Balaban J connectivity index is 1.21. The molecule has 0 aliphatic carbocycles. The van der Waals surface area contributed by atoms with Crippen molar-refractivity contribution in [3.63, 3.8) is 0 Å². The quantitative estimate of drug-likeness (QED) is 0.176. The second kappa shape index (κ2) is 12.1. The highest BCUT2D eigenvalue weighted by atomic mass is 32.1. The Labute approximate surface area is 299 Å². The molecule has 10 aromatic rings. The molecule has 0 spiro atoms. The highest BCUT2D eigenvalue weighted by Gasteiger charge is 2.24. The Morgan fingerprint density at radius 3 is 1.94 bits per heavy atom. The summed E-state index contributed by atoms with van der Waals surface area (Å²) in [5, 5.41) is 4.78. The van der Waals surface area contributed by atoms with E-state index >= 15 is 0 Å². The van der Waals surface area contributed by atoms with E-state index in [0.29, 0.717) is 5.89 Å². The average Bonchev–Trinajstić information content (AvgIpc) is 3.81. The van der Waals surface area contributed by atoms with Crippen LogP contribution in [0.2, 0.25) is 0 Å². The number of nitrogens with zero attached hydrogens (tertiary/aromatic N) is 2. The maximum Gasteiger partial charge on any atom is 0.227 e. The van der Waals surface area contributed by atoms with Gasteiger partial charge in [-0.15, -0.1) is 11.3 Å². The number of hydrogen-bond donors (Lipinski definition) is 0. The summed E-state index contributed by atoms with van der Waals surface area (Å²) in [7, 11) is 0. The number of hydrogen-bond acceptors (Lipinski definition) is 4. The van der Waals surface area contributed by atoms with Gasteiger partial charge in [-0.25, -0.2) is 4.98 Å². The summed E-state index contributed by atoms with van der Waals surface area (Å²) in [6.07, 6.45) is 0. The van der Waals surface area contributed by atoms with Crippen LogP contribution >= 0.6 is 11.3 Å². The molecule has 0 amide bonds. The summed E-state index contributed by atoms with van der Waals surface area (Å²) in [5.41, 5.74) is 10.5. The molecular formula is C47H30N2OS. The highest BCUT2D eigenvalue weighted by molar-refractivity contribution is 7.26. The van der Waals surface area contributed by atoms with Crippen LogP contribution in [0.5, 0.6) is 0 Å². The summed E-state index contributed by atoms with van der Waals surface area (Å²) in [6, 6.07) is 64.5. The normalized spacial score (nSPS) is 11.5. The van der Waals surface area contributed by atoms with Crippen LogP contribution in [0, 0.1) is 0 Å². The van der Waals surface area contributed by atoms with Gasteiger partial charge in [0.2, 0.25) is 5.89 Å². The standard InChI is InChI=1S/C47H30N2OS/c1-3-12-31(13-4-1)36-18-11-19-39(29-36)49(38-26-24-33(25-27-38)37-23-22-32-14-7-8-17-35(32)28-37)41-30-42-45(48-47(50-42)34-15-5-2-6-16-34)44-40-20-9-10-21-43(40)51-46(41)44/h1-30H. The van der Waals surface area contributed by atoms with Crippen molar-refractivity contribution in [1.29, 1.82) is 0 Å². The van der Waals surface area contributed by atoms with Crippen molar-refractivity contribution in [3.8, 4) is 33.7 Å². The van der Waals surface area contributed by atoms with E-state index in [2.05, 4.69) is 157 Å². The largest absolute Gasteiger partial charge is 0.436 e. The van der Waals surface area contributed by atoms with Crippen molar-refractivity contribution >= 4 is 70.4 Å². The van der Waals surface area contributed by atoms with E-state index in [4.69, 9.17) is 9.40 Å². The molecule has 0 saturated carbocycles. The van der Waals surface area contributed by atoms with Crippen LogP contribution < -0.4 is 4.90 Å². The first-order valence-corrected chi connectivity index (χ1v) is 17.9. The lowest BCUT2D eigenvalue weighted by molar-refractivity contribution is 0.620. The van der Waals surface area contributed by atoms with Gasteiger partial charge in [0.05, 0.1) is 10.4 Å². The van der Waals surface area contributed by atoms with E-state index in [1.54, 1.807) is 11.3 Å². The van der Waals surface area contributed by atoms with Gasteiger partial charge in [-0.05, 0) is 81.6 Å². The molecule has 0 fully saturated rings. The van der Waals surface area contributed by atoms with E-state index < -0.39 is 0 Å². The van der Waals surface area contributed by atoms with Gasteiger partial charge in [0.1, 0.15) is 5.52 Å². The molecular weight excluding hydrogens is 641 g/mol. The van der Waals surface area contributed by atoms with Crippen molar-refractivity contribution in [2.75, 3.05) is 4.90 Å². The second-order valence-electron chi connectivity index (χ2n) is 12.8. The molecule has 0 unspecified atom stereocenters. The Bertz CT molecular complexity index is 2850. The number of fused-ring (bicyclic) bond motifs is 6. The van der Waals surface area contributed by atoms with E-state index in [9.17, 15) is 0 Å². The van der Waals surface area contributed by atoms with Crippen LogP contribution in [0.3, 0.4) is 0 Å². The molecule has 0 N–H and O–H groups in total. The third-order valence-corrected chi connectivity index (χ3v) is 10.9. The smallest absolute Gasteiger partial charge is 0.227 e. The molecule has 0 radical (unpaired) electrons. The molecule has 2 heterocycles. The van der Waals surface area contributed by atoms with Crippen molar-refractivity contribution in [3.05, 3.63) is 182 Å². The topological polar surface area (TPSA) is 29.3 Å². The highest BCUT2D eigenvalue weighted by Crippen LogP contribution is 2.49. The van der Waals surface area contributed by atoms with Crippen molar-refractivity contribution in [1.82, 2.24) is 4.98 Å². The maximum absolute atomic E-state index is 6.62. The van der Waals surface area contributed by atoms with Crippen LogP contribution in [0.15, 0.2) is 186 Å². The minimum Gasteiger partial charge on any atom is -0.436 e. The molecule has 0 aliphatic heterocycles. The van der Waals surface area contributed by atoms with Gasteiger partial charge in [-0.1, -0.05) is 127 Å². The SMILES string of the molecule is c1ccc(-c2cccc(N(c3ccc(-c4ccc5ccccc5c4)cc3)c3cc4oc(-c5ccccc5)nc4c4c3sc3ccccc34)c2)cc1. The molecule has 10 rings (SSSR count). The van der Waals surface area contributed by atoms with Gasteiger partial charge in [0, 0.05) is 38.5 Å². The summed E-state index contributed by atoms with van der Waals surface area (Å²) in [5.74, 6) is 0.622. The monoisotopic (exact) mass is 670 g/mol. The molecule has 4 heteroatoms.